The lowest BCUT2D eigenvalue weighted by Gasteiger charge is -2.18. The summed E-state index contributed by atoms with van der Waals surface area (Å²) in [6.07, 6.45) is -0.149. The number of rotatable bonds is 5. The molecule has 0 saturated heterocycles. The Morgan fingerprint density at radius 2 is 2.11 bits per heavy atom. The Hall–Kier alpha value is -1.44. The first kappa shape index (κ1) is 14.6. The summed E-state index contributed by atoms with van der Waals surface area (Å²) in [5, 5.41) is 28.3. The zero-order valence-electron chi connectivity index (χ0n) is 9.61. The molecule has 7 heteroatoms. The Balaban J connectivity index is 2.86. The molecule has 1 aromatic heterocycles. The molecule has 0 aliphatic heterocycles. The molecule has 2 unspecified atom stereocenters. The van der Waals surface area contributed by atoms with Gasteiger partial charge in [0.1, 0.15) is 6.10 Å². The average Bonchev–Trinajstić information content (AvgIpc) is 2.34. The Morgan fingerprint density at radius 1 is 1.44 bits per heavy atom. The number of carbonyl (C=O) groups excluding carboxylic acids is 1. The fourth-order valence-corrected chi connectivity index (χ4v) is 1.93. The standard InChI is InChI=1S/C11H13NO5S/c1-6(13)18-5-9(14)10(15)8-4-12-3-2-7(8)11(16)17/h2-4,9-10,14-15H,5H2,1H3,(H,16,17). The van der Waals surface area contributed by atoms with Gasteiger partial charge in [-0.15, -0.1) is 0 Å². The lowest BCUT2D eigenvalue weighted by Crippen LogP contribution is -2.23. The first-order valence-electron chi connectivity index (χ1n) is 5.10. The molecule has 0 aromatic carbocycles. The van der Waals surface area contributed by atoms with Crippen LogP contribution in [0.15, 0.2) is 18.5 Å². The Bertz CT molecular complexity index is 451. The maximum Gasteiger partial charge on any atom is 0.336 e. The molecule has 98 valence electrons. The van der Waals surface area contributed by atoms with Gasteiger partial charge in [-0.2, -0.15) is 0 Å². The molecular formula is C11H13NO5S. The summed E-state index contributed by atoms with van der Waals surface area (Å²) in [6.45, 7) is 1.34. The van der Waals surface area contributed by atoms with Crippen LogP contribution in [0, 0.1) is 0 Å². The largest absolute Gasteiger partial charge is 0.478 e. The molecule has 2 atom stereocenters. The summed E-state index contributed by atoms with van der Waals surface area (Å²) in [5.41, 5.74) is -0.0916. The Morgan fingerprint density at radius 3 is 2.67 bits per heavy atom. The van der Waals surface area contributed by atoms with E-state index in [2.05, 4.69) is 4.98 Å². The number of aliphatic hydroxyl groups excluding tert-OH is 2. The van der Waals surface area contributed by atoms with Crippen LogP contribution in [0.1, 0.15) is 28.9 Å². The molecule has 0 aliphatic carbocycles. The number of hydrogen-bond donors (Lipinski definition) is 3. The SMILES string of the molecule is CC(=O)SCC(O)C(O)c1cnccc1C(=O)O. The van der Waals surface area contributed by atoms with Crippen molar-refractivity contribution < 1.29 is 24.9 Å². The van der Waals surface area contributed by atoms with Crippen LogP contribution in [-0.2, 0) is 4.79 Å². The highest BCUT2D eigenvalue weighted by Gasteiger charge is 2.24. The van der Waals surface area contributed by atoms with E-state index in [0.29, 0.717) is 0 Å². The molecule has 0 fully saturated rings. The van der Waals surface area contributed by atoms with Gasteiger partial charge in [-0.25, -0.2) is 4.79 Å². The van der Waals surface area contributed by atoms with Gasteiger partial charge in [-0.3, -0.25) is 9.78 Å². The highest BCUT2D eigenvalue weighted by Crippen LogP contribution is 2.22. The molecule has 6 nitrogen and oxygen atoms in total. The van der Waals surface area contributed by atoms with Crippen molar-refractivity contribution in [3.05, 3.63) is 29.6 Å². The fourth-order valence-electron chi connectivity index (χ4n) is 1.34. The van der Waals surface area contributed by atoms with E-state index in [1.807, 2.05) is 0 Å². The number of pyridine rings is 1. The normalized spacial score (nSPS) is 13.9. The van der Waals surface area contributed by atoms with E-state index in [4.69, 9.17) is 5.11 Å². The predicted molar refractivity (Wildman–Crippen MR) is 65.3 cm³/mol. The number of thioether (sulfide) groups is 1. The summed E-state index contributed by atoms with van der Waals surface area (Å²) in [4.78, 5) is 25.4. The highest BCUT2D eigenvalue weighted by atomic mass is 32.2. The molecule has 0 radical (unpaired) electrons. The van der Waals surface area contributed by atoms with Gasteiger partial charge in [0.05, 0.1) is 11.7 Å². The number of aromatic carboxylic acids is 1. The third-order valence-corrected chi connectivity index (χ3v) is 3.14. The van der Waals surface area contributed by atoms with Gasteiger partial charge in [0, 0.05) is 30.6 Å². The van der Waals surface area contributed by atoms with E-state index in [0.717, 1.165) is 11.8 Å². The highest BCUT2D eigenvalue weighted by molar-refractivity contribution is 8.13. The summed E-state index contributed by atoms with van der Waals surface area (Å²) in [5.74, 6) is -1.22. The lowest BCUT2D eigenvalue weighted by atomic mass is 10.0. The van der Waals surface area contributed by atoms with Gasteiger partial charge in [0.25, 0.3) is 0 Å². The van der Waals surface area contributed by atoms with Crippen LogP contribution in [0.25, 0.3) is 0 Å². The number of aromatic nitrogens is 1. The summed E-state index contributed by atoms with van der Waals surface area (Å²) in [7, 11) is 0. The summed E-state index contributed by atoms with van der Waals surface area (Å²) < 4.78 is 0. The average molecular weight is 271 g/mol. The van der Waals surface area contributed by atoms with E-state index in [1.54, 1.807) is 0 Å². The molecule has 18 heavy (non-hydrogen) atoms. The van der Waals surface area contributed by atoms with Crippen LogP contribution in [-0.4, -0.2) is 43.2 Å². The molecular weight excluding hydrogens is 258 g/mol. The van der Waals surface area contributed by atoms with E-state index < -0.39 is 18.2 Å². The summed E-state index contributed by atoms with van der Waals surface area (Å²) in [6, 6.07) is 1.24. The molecule has 3 N–H and O–H groups in total. The third-order valence-electron chi connectivity index (χ3n) is 2.22. The first-order valence-corrected chi connectivity index (χ1v) is 6.08. The number of hydrogen-bond acceptors (Lipinski definition) is 6. The van der Waals surface area contributed by atoms with Crippen LogP contribution >= 0.6 is 11.8 Å². The molecule has 0 bridgehead atoms. The van der Waals surface area contributed by atoms with Crippen LogP contribution < -0.4 is 0 Å². The quantitative estimate of drug-likeness (QED) is 0.713. The molecule has 1 aromatic rings. The van der Waals surface area contributed by atoms with Crippen LogP contribution in [0.5, 0.6) is 0 Å². The smallest absolute Gasteiger partial charge is 0.336 e. The monoisotopic (exact) mass is 271 g/mol. The van der Waals surface area contributed by atoms with Crippen LogP contribution in [0.4, 0.5) is 0 Å². The van der Waals surface area contributed by atoms with E-state index >= 15 is 0 Å². The maximum atomic E-state index is 10.9. The number of aliphatic hydroxyl groups is 2. The number of carboxylic acids is 1. The van der Waals surface area contributed by atoms with Crippen molar-refractivity contribution in [1.82, 2.24) is 4.98 Å². The topological polar surface area (TPSA) is 108 Å². The minimum Gasteiger partial charge on any atom is -0.478 e. The van der Waals surface area contributed by atoms with Gasteiger partial charge >= 0.3 is 5.97 Å². The molecule has 0 spiro atoms. The van der Waals surface area contributed by atoms with Gasteiger partial charge in [0.2, 0.25) is 0 Å². The summed E-state index contributed by atoms with van der Waals surface area (Å²) >= 11 is 0.860. The predicted octanol–water partition coefficient (Wildman–Crippen LogP) is 0.454. The second kappa shape index (κ2) is 6.48. The number of carbonyl (C=O) groups is 2. The third kappa shape index (κ3) is 3.80. The van der Waals surface area contributed by atoms with Crippen molar-refractivity contribution in [2.24, 2.45) is 0 Å². The van der Waals surface area contributed by atoms with Crippen molar-refractivity contribution in [2.45, 2.75) is 19.1 Å². The molecule has 1 rings (SSSR count). The first-order chi connectivity index (χ1) is 8.43. The Kier molecular flexibility index (Phi) is 5.26. The van der Waals surface area contributed by atoms with Crippen molar-refractivity contribution in [2.75, 3.05) is 5.75 Å². The van der Waals surface area contributed by atoms with E-state index in [1.165, 1.54) is 25.4 Å². The zero-order valence-corrected chi connectivity index (χ0v) is 10.4. The van der Waals surface area contributed by atoms with E-state index in [-0.39, 0.29) is 22.0 Å². The second-order valence-corrected chi connectivity index (χ2v) is 4.78. The zero-order chi connectivity index (χ0) is 13.7. The number of carboxylic acid groups (broad SMARTS) is 1. The minimum absolute atomic E-state index is 0.00947. The van der Waals surface area contributed by atoms with Gasteiger partial charge in [-0.1, -0.05) is 11.8 Å². The Labute approximate surface area is 108 Å². The van der Waals surface area contributed by atoms with Crippen molar-refractivity contribution >= 4 is 22.8 Å². The van der Waals surface area contributed by atoms with Crippen molar-refractivity contribution in [3.8, 4) is 0 Å². The van der Waals surface area contributed by atoms with Gasteiger partial charge < -0.3 is 15.3 Å². The maximum absolute atomic E-state index is 10.9. The molecule has 0 aliphatic rings. The van der Waals surface area contributed by atoms with Crippen LogP contribution in [0.3, 0.4) is 0 Å². The molecule has 0 saturated carbocycles. The van der Waals surface area contributed by atoms with Gasteiger partial charge in [0.15, 0.2) is 5.12 Å². The van der Waals surface area contributed by atoms with E-state index in [9.17, 15) is 19.8 Å². The number of nitrogens with zero attached hydrogens (tertiary/aromatic N) is 1. The van der Waals surface area contributed by atoms with Crippen LogP contribution in [0.2, 0.25) is 0 Å². The van der Waals surface area contributed by atoms with Crippen molar-refractivity contribution in [1.29, 1.82) is 0 Å². The molecule has 0 amide bonds. The fraction of sp³-hybridized carbons (Fsp3) is 0.364. The lowest BCUT2D eigenvalue weighted by molar-refractivity contribution is -0.109. The molecule has 1 heterocycles. The second-order valence-electron chi connectivity index (χ2n) is 3.58. The minimum atomic E-state index is -1.39. The van der Waals surface area contributed by atoms with Crippen molar-refractivity contribution in [3.63, 3.8) is 0 Å². The van der Waals surface area contributed by atoms with Gasteiger partial charge in [-0.05, 0) is 6.07 Å².